The summed E-state index contributed by atoms with van der Waals surface area (Å²) in [7, 11) is -2.34. The van der Waals surface area contributed by atoms with Gasteiger partial charge in [-0.1, -0.05) is 11.3 Å². The zero-order valence-corrected chi connectivity index (χ0v) is 21.1. The van der Waals surface area contributed by atoms with E-state index < -0.39 is 15.8 Å². The van der Waals surface area contributed by atoms with E-state index in [-0.39, 0.29) is 23.0 Å². The number of nitrogens with zero attached hydrogens (tertiary/aromatic N) is 2. The first-order chi connectivity index (χ1) is 17.8. The molecule has 2 aromatic heterocycles. The van der Waals surface area contributed by atoms with E-state index in [2.05, 4.69) is 9.71 Å². The molecule has 0 fully saturated rings. The molecule has 0 unspecified atom stereocenters. The van der Waals surface area contributed by atoms with Gasteiger partial charge in [0, 0.05) is 11.3 Å². The number of furan rings is 1. The molecule has 2 heterocycles. The van der Waals surface area contributed by atoms with Gasteiger partial charge >= 0.3 is 0 Å². The van der Waals surface area contributed by atoms with Crippen LogP contribution < -0.4 is 14.4 Å². The first-order valence-corrected chi connectivity index (χ1v) is 13.3. The molecule has 0 radical (unpaired) electrons. The van der Waals surface area contributed by atoms with Crippen LogP contribution in [0.5, 0.6) is 5.75 Å². The summed E-state index contributed by atoms with van der Waals surface area (Å²) >= 11 is 1.34. The molecule has 5 rings (SSSR count). The molecule has 3 aromatic carbocycles. The SMILES string of the molecule is COc1ccc2nc(N(Cc3ccco3)C(=O)c3ccc(NS(=O)(=O)c4ccc(F)cc4)cc3)sc2c1. The first-order valence-electron chi connectivity index (χ1n) is 11.0. The fourth-order valence-electron chi connectivity index (χ4n) is 3.58. The van der Waals surface area contributed by atoms with Gasteiger partial charge in [0.2, 0.25) is 0 Å². The Morgan fingerprint density at radius 1 is 1.08 bits per heavy atom. The summed E-state index contributed by atoms with van der Waals surface area (Å²) in [5.41, 5.74) is 1.31. The van der Waals surface area contributed by atoms with Crippen molar-refractivity contribution in [2.24, 2.45) is 0 Å². The monoisotopic (exact) mass is 537 g/mol. The molecule has 1 N–H and O–H groups in total. The minimum absolute atomic E-state index is 0.0776. The molecule has 0 saturated carbocycles. The lowest BCUT2D eigenvalue weighted by atomic mass is 10.2. The molecule has 188 valence electrons. The van der Waals surface area contributed by atoms with Gasteiger partial charge in [0.25, 0.3) is 15.9 Å². The summed E-state index contributed by atoms with van der Waals surface area (Å²) in [6, 6.07) is 19.5. The van der Waals surface area contributed by atoms with Crippen molar-refractivity contribution in [3.05, 3.63) is 102 Å². The lowest BCUT2D eigenvalue weighted by molar-refractivity contribution is 0.0983. The third-order valence-electron chi connectivity index (χ3n) is 5.46. The Kier molecular flexibility index (Phi) is 6.64. The number of anilines is 2. The average molecular weight is 538 g/mol. The quantitative estimate of drug-likeness (QED) is 0.273. The number of nitrogens with one attached hydrogen (secondary N) is 1. The van der Waals surface area contributed by atoms with Crippen molar-refractivity contribution in [1.29, 1.82) is 0 Å². The van der Waals surface area contributed by atoms with E-state index >= 15 is 0 Å². The van der Waals surface area contributed by atoms with Crippen molar-refractivity contribution in [3.63, 3.8) is 0 Å². The summed E-state index contributed by atoms with van der Waals surface area (Å²) in [5, 5.41) is 0.478. The zero-order chi connectivity index (χ0) is 26.0. The van der Waals surface area contributed by atoms with Gasteiger partial charge in [-0.25, -0.2) is 17.8 Å². The number of hydrogen-bond acceptors (Lipinski definition) is 7. The number of thiazole rings is 1. The maximum absolute atomic E-state index is 13.6. The van der Waals surface area contributed by atoms with E-state index in [1.165, 1.54) is 58.9 Å². The topological polar surface area (TPSA) is 102 Å². The summed E-state index contributed by atoms with van der Waals surface area (Å²) in [6.07, 6.45) is 1.53. The van der Waals surface area contributed by atoms with Crippen LogP contribution in [0.15, 0.2) is 94.4 Å². The van der Waals surface area contributed by atoms with Crippen LogP contribution in [-0.2, 0) is 16.6 Å². The summed E-state index contributed by atoms with van der Waals surface area (Å²) < 4.78 is 52.4. The zero-order valence-electron chi connectivity index (χ0n) is 19.4. The van der Waals surface area contributed by atoms with Gasteiger partial charge in [0.15, 0.2) is 5.13 Å². The Morgan fingerprint density at radius 3 is 2.51 bits per heavy atom. The number of amides is 1. The molecule has 0 saturated heterocycles. The lowest BCUT2D eigenvalue weighted by Gasteiger charge is -2.19. The normalized spacial score (nSPS) is 11.4. The van der Waals surface area contributed by atoms with E-state index in [0.717, 1.165) is 22.3 Å². The highest BCUT2D eigenvalue weighted by molar-refractivity contribution is 7.92. The molecule has 0 aliphatic rings. The fourth-order valence-corrected chi connectivity index (χ4v) is 5.63. The first kappa shape index (κ1) is 24.5. The summed E-state index contributed by atoms with van der Waals surface area (Å²) in [6.45, 7) is 0.155. The van der Waals surface area contributed by atoms with E-state index in [9.17, 15) is 17.6 Å². The van der Waals surface area contributed by atoms with Crippen molar-refractivity contribution in [2.45, 2.75) is 11.4 Å². The van der Waals surface area contributed by atoms with Crippen LogP contribution in [0.25, 0.3) is 10.2 Å². The number of aromatic nitrogens is 1. The number of methoxy groups -OCH3 is 1. The molecule has 8 nitrogen and oxygen atoms in total. The number of fused-ring (bicyclic) bond motifs is 1. The highest BCUT2D eigenvalue weighted by Crippen LogP contribution is 2.33. The van der Waals surface area contributed by atoms with Gasteiger partial charge in [0.05, 0.1) is 35.0 Å². The van der Waals surface area contributed by atoms with Gasteiger partial charge in [-0.2, -0.15) is 0 Å². The third kappa shape index (κ3) is 5.32. The molecule has 0 aliphatic carbocycles. The molecular weight excluding hydrogens is 517 g/mol. The number of ether oxygens (including phenoxy) is 1. The maximum atomic E-state index is 13.6. The number of carbonyl (C=O) groups excluding carboxylic acids is 1. The Hall–Kier alpha value is -4.22. The number of benzene rings is 3. The van der Waals surface area contributed by atoms with Gasteiger partial charge in [-0.05, 0) is 78.9 Å². The van der Waals surface area contributed by atoms with Crippen LogP contribution >= 0.6 is 11.3 Å². The second-order valence-corrected chi connectivity index (χ2v) is 10.6. The number of carbonyl (C=O) groups is 1. The molecular formula is C26H20FN3O5S2. The predicted octanol–water partition coefficient (Wildman–Crippen LogP) is 5.68. The van der Waals surface area contributed by atoms with Crippen LogP contribution in [0, 0.1) is 5.82 Å². The smallest absolute Gasteiger partial charge is 0.261 e. The van der Waals surface area contributed by atoms with Crippen molar-refractivity contribution < 1.29 is 26.8 Å². The molecule has 0 atom stereocenters. The number of sulfonamides is 1. The third-order valence-corrected chi connectivity index (χ3v) is 7.90. The number of halogens is 1. The summed E-state index contributed by atoms with van der Waals surface area (Å²) in [4.78, 5) is 19.6. The second-order valence-electron chi connectivity index (χ2n) is 7.94. The Labute approximate surface area is 216 Å². The van der Waals surface area contributed by atoms with E-state index in [4.69, 9.17) is 9.15 Å². The maximum Gasteiger partial charge on any atom is 0.261 e. The van der Waals surface area contributed by atoms with Crippen molar-refractivity contribution in [1.82, 2.24) is 4.98 Å². The van der Waals surface area contributed by atoms with Crippen LogP contribution in [0.4, 0.5) is 15.2 Å². The average Bonchev–Trinajstić information content (AvgIpc) is 3.56. The molecule has 1 amide bonds. The lowest BCUT2D eigenvalue weighted by Crippen LogP contribution is -2.30. The number of hydrogen-bond donors (Lipinski definition) is 1. The highest BCUT2D eigenvalue weighted by Gasteiger charge is 2.23. The van der Waals surface area contributed by atoms with Gasteiger partial charge in [-0.3, -0.25) is 14.4 Å². The fraction of sp³-hybridized carbons (Fsp3) is 0.0769. The van der Waals surface area contributed by atoms with Crippen LogP contribution in [-0.4, -0.2) is 26.4 Å². The standard InChI is InChI=1S/C26H20FN3O5S2/c1-34-20-10-13-23-24(15-20)36-26(28-23)30(16-21-3-2-14-35-21)25(31)17-4-8-19(9-5-17)29-37(32,33)22-11-6-18(27)7-12-22/h2-15,29H,16H2,1H3. The number of rotatable bonds is 8. The largest absolute Gasteiger partial charge is 0.497 e. The minimum Gasteiger partial charge on any atom is -0.497 e. The highest BCUT2D eigenvalue weighted by atomic mass is 32.2. The Bertz CT molecular complexity index is 1650. The Morgan fingerprint density at radius 2 is 1.84 bits per heavy atom. The predicted molar refractivity (Wildman–Crippen MR) is 139 cm³/mol. The van der Waals surface area contributed by atoms with Crippen molar-refractivity contribution in [2.75, 3.05) is 16.7 Å². The molecule has 37 heavy (non-hydrogen) atoms. The summed E-state index contributed by atoms with van der Waals surface area (Å²) in [5.74, 6) is 0.391. The Balaban J connectivity index is 1.42. The van der Waals surface area contributed by atoms with Crippen LogP contribution in [0.3, 0.4) is 0 Å². The van der Waals surface area contributed by atoms with Crippen molar-refractivity contribution >= 4 is 48.3 Å². The van der Waals surface area contributed by atoms with E-state index in [1.54, 1.807) is 25.3 Å². The second kappa shape index (κ2) is 10.0. The minimum atomic E-state index is -3.92. The van der Waals surface area contributed by atoms with E-state index in [0.29, 0.717) is 22.2 Å². The molecule has 0 spiro atoms. The molecule has 0 aliphatic heterocycles. The van der Waals surface area contributed by atoms with E-state index in [1.807, 2.05) is 12.1 Å². The van der Waals surface area contributed by atoms with Crippen LogP contribution in [0.1, 0.15) is 16.1 Å². The molecule has 0 bridgehead atoms. The molecule has 11 heteroatoms. The van der Waals surface area contributed by atoms with Gasteiger partial charge in [0.1, 0.15) is 17.3 Å². The van der Waals surface area contributed by atoms with Gasteiger partial charge in [-0.15, -0.1) is 0 Å². The van der Waals surface area contributed by atoms with Crippen LogP contribution in [0.2, 0.25) is 0 Å². The van der Waals surface area contributed by atoms with Crippen molar-refractivity contribution in [3.8, 4) is 5.75 Å². The van der Waals surface area contributed by atoms with Gasteiger partial charge < -0.3 is 9.15 Å². The molecule has 5 aromatic rings.